The fraction of sp³-hybridized carbons (Fsp3) is 0.412. The summed E-state index contributed by atoms with van der Waals surface area (Å²) in [5, 5.41) is 0. The van der Waals surface area contributed by atoms with Gasteiger partial charge in [0.25, 0.3) is 5.91 Å². The quantitative estimate of drug-likeness (QED) is 0.859. The second kappa shape index (κ2) is 7.28. The van der Waals surface area contributed by atoms with Crippen LogP contribution < -0.4 is 0 Å². The van der Waals surface area contributed by atoms with Gasteiger partial charge in [0.15, 0.2) is 0 Å². The van der Waals surface area contributed by atoms with Gasteiger partial charge < -0.3 is 9.64 Å². The predicted octanol–water partition coefficient (Wildman–Crippen LogP) is 1.51. The molecule has 1 amide bonds. The highest BCUT2D eigenvalue weighted by molar-refractivity contribution is 5.95. The molecule has 120 valence electrons. The highest BCUT2D eigenvalue weighted by Crippen LogP contribution is 2.16. The first kappa shape index (κ1) is 15.6. The molecular formula is C17H20N4O2. The van der Waals surface area contributed by atoms with Crippen LogP contribution in [0.3, 0.4) is 0 Å². The lowest BCUT2D eigenvalue weighted by molar-refractivity contribution is 0.0736. The summed E-state index contributed by atoms with van der Waals surface area (Å²) in [6.07, 6.45) is 5.77. The zero-order valence-corrected chi connectivity index (χ0v) is 13.2. The third-order valence-corrected chi connectivity index (χ3v) is 4.00. The van der Waals surface area contributed by atoms with E-state index in [1.54, 1.807) is 24.8 Å². The number of ether oxygens (including phenoxy) is 1. The minimum absolute atomic E-state index is 0.0220. The Balaban J connectivity index is 1.72. The molecule has 23 heavy (non-hydrogen) atoms. The fourth-order valence-electron chi connectivity index (χ4n) is 2.80. The van der Waals surface area contributed by atoms with E-state index in [4.69, 9.17) is 4.74 Å². The summed E-state index contributed by atoms with van der Waals surface area (Å²) >= 11 is 0. The van der Waals surface area contributed by atoms with E-state index in [9.17, 15) is 4.79 Å². The SMILES string of the molecule is Cc1ncccc1C(=O)N1CCOCC(Cc2ccncn2)C1. The van der Waals surface area contributed by atoms with Gasteiger partial charge >= 0.3 is 0 Å². The van der Waals surface area contributed by atoms with E-state index in [2.05, 4.69) is 15.0 Å². The van der Waals surface area contributed by atoms with E-state index in [1.165, 1.54) is 0 Å². The van der Waals surface area contributed by atoms with Crippen molar-refractivity contribution in [3.63, 3.8) is 0 Å². The van der Waals surface area contributed by atoms with Crippen molar-refractivity contribution in [2.45, 2.75) is 13.3 Å². The Morgan fingerprint density at radius 3 is 3.04 bits per heavy atom. The van der Waals surface area contributed by atoms with Gasteiger partial charge in [-0.2, -0.15) is 0 Å². The number of nitrogens with zero attached hydrogens (tertiary/aromatic N) is 4. The van der Waals surface area contributed by atoms with Gasteiger partial charge in [-0.1, -0.05) is 0 Å². The monoisotopic (exact) mass is 312 g/mol. The molecule has 1 atom stereocenters. The first-order chi connectivity index (χ1) is 11.2. The van der Waals surface area contributed by atoms with Gasteiger partial charge in [-0.3, -0.25) is 9.78 Å². The van der Waals surface area contributed by atoms with Gasteiger partial charge in [0.2, 0.25) is 0 Å². The zero-order valence-electron chi connectivity index (χ0n) is 13.2. The zero-order chi connectivity index (χ0) is 16.1. The van der Waals surface area contributed by atoms with E-state index in [0.29, 0.717) is 31.9 Å². The van der Waals surface area contributed by atoms with Crippen molar-refractivity contribution in [1.82, 2.24) is 19.9 Å². The smallest absolute Gasteiger partial charge is 0.255 e. The lowest BCUT2D eigenvalue weighted by atomic mass is 10.0. The van der Waals surface area contributed by atoms with Crippen LogP contribution in [0.15, 0.2) is 36.9 Å². The second-order valence-corrected chi connectivity index (χ2v) is 5.73. The highest BCUT2D eigenvalue weighted by atomic mass is 16.5. The van der Waals surface area contributed by atoms with Crippen molar-refractivity contribution in [3.05, 3.63) is 53.9 Å². The molecule has 2 aromatic rings. The molecule has 0 radical (unpaired) electrons. The molecule has 1 unspecified atom stereocenters. The molecular weight excluding hydrogens is 292 g/mol. The number of carbonyl (C=O) groups excluding carboxylic acids is 1. The number of rotatable bonds is 3. The fourth-order valence-corrected chi connectivity index (χ4v) is 2.80. The number of amides is 1. The number of carbonyl (C=O) groups is 1. The number of hydrogen-bond acceptors (Lipinski definition) is 5. The lowest BCUT2D eigenvalue weighted by Gasteiger charge is -2.24. The Labute approximate surface area is 135 Å². The van der Waals surface area contributed by atoms with Crippen molar-refractivity contribution in [2.24, 2.45) is 5.92 Å². The molecule has 0 aliphatic carbocycles. The molecule has 3 rings (SSSR count). The molecule has 1 fully saturated rings. The summed E-state index contributed by atoms with van der Waals surface area (Å²) in [5.74, 6) is 0.252. The van der Waals surface area contributed by atoms with E-state index < -0.39 is 0 Å². The summed E-state index contributed by atoms with van der Waals surface area (Å²) in [7, 11) is 0. The largest absolute Gasteiger partial charge is 0.379 e. The van der Waals surface area contributed by atoms with E-state index in [0.717, 1.165) is 17.8 Å². The summed E-state index contributed by atoms with van der Waals surface area (Å²) in [5.41, 5.74) is 2.39. The maximum absolute atomic E-state index is 12.8. The Morgan fingerprint density at radius 2 is 2.26 bits per heavy atom. The Morgan fingerprint density at radius 1 is 1.35 bits per heavy atom. The molecule has 2 aromatic heterocycles. The summed E-state index contributed by atoms with van der Waals surface area (Å²) < 4.78 is 5.67. The van der Waals surface area contributed by atoms with Gasteiger partial charge in [0, 0.05) is 42.8 Å². The first-order valence-electron chi connectivity index (χ1n) is 7.77. The average molecular weight is 312 g/mol. The molecule has 0 N–H and O–H groups in total. The normalized spacial score (nSPS) is 18.5. The van der Waals surface area contributed by atoms with Gasteiger partial charge in [0.1, 0.15) is 6.33 Å². The molecule has 0 saturated carbocycles. The molecule has 6 nitrogen and oxygen atoms in total. The number of aryl methyl sites for hydroxylation is 1. The van der Waals surface area contributed by atoms with Crippen LogP contribution in [-0.2, 0) is 11.2 Å². The molecule has 0 bridgehead atoms. The highest BCUT2D eigenvalue weighted by Gasteiger charge is 2.24. The number of pyridine rings is 1. The van der Waals surface area contributed by atoms with Crippen LogP contribution in [0.1, 0.15) is 21.7 Å². The minimum Gasteiger partial charge on any atom is -0.379 e. The van der Waals surface area contributed by atoms with Crippen molar-refractivity contribution in [3.8, 4) is 0 Å². The van der Waals surface area contributed by atoms with Crippen LogP contribution in [0, 0.1) is 12.8 Å². The van der Waals surface area contributed by atoms with Crippen molar-refractivity contribution < 1.29 is 9.53 Å². The first-order valence-corrected chi connectivity index (χ1v) is 7.77. The lowest BCUT2D eigenvalue weighted by Crippen LogP contribution is -2.37. The Bertz CT molecular complexity index is 663. The summed E-state index contributed by atoms with van der Waals surface area (Å²) in [4.78, 5) is 27.1. The van der Waals surface area contributed by atoms with Gasteiger partial charge in [-0.25, -0.2) is 9.97 Å². The summed E-state index contributed by atoms with van der Waals surface area (Å²) in [6, 6.07) is 5.53. The predicted molar refractivity (Wildman–Crippen MR) is 84.9 cm³/mol. The molecule has 1 saturated heterocycles. The molecule has 3 heterocycles. The van der Waals surface area contributed by atoms with E-state index >= 15 is 0 Å². The molecule has 0 aromatic carbocycles. The third kappa shape index (κ3) is 3.90. The second-order valence-electron chi connectivity index (χ2n) is 5.73. The van der Waals surface area contributed by atoms with Gasteiger partial charge in [0.05, 0.1) is 18.8 Å². The van der Waals surface area contributed by atoms with Crippen molar-refractivity contribution >= 4 is 5.91 Å². The maximum atomic E-state index is 12.8. The van der Waals surface area contributed by atoms with Crippen LogP contribution in [0.2, 0.25) is 0 Å². The van der Waals surface area contributed by atoms with E-state index in [-0.39, 0.29) is 11.8 Å². The van der Waals surface area contributed by atoms with Gasteiger partial charge in [-0.15, -0.1) is 0 Å². The van der Waals surface area contributed by atoms with Crippen LogP contribution in [0.4, 0.5) is 0 Å². The average Bonchev–Trinajstić information content (AvgIpc) is 2.81. The van der Waals surface area contributed by atoms with Gasteiger partial charge in [-0.05, 0) is 31.5 Å². The van der Waals surface area contributed by atoms with Crippen LogP contribution in [-0.4, -0.2) is 52.1 Å². The minimum atomic E-state index is 0.0220. The van der Waals surface area contributed by atoms with Crippen molar-refractivity contribution in [1.29, 1.82) is 0 Å². The number of hydrogen-bond donors (Lipinski definition) is 0. The molecule has 0 spiro atoms. The Kier molecular flexibility index (Phi) is 4.92. The number of aromatic nitrogens is 3. The van der Waals surface area contributed by atoms with Crippen LogP contribution in [0.25, 0.3) is 0 Å². The molecule has 1 aliphatic heterocycles. The molecule has 1 aliphatic rings. The van der Waals surface area contributed by atoms with E-state index in [1.807, 2.05) is 24.0 Å². The van der Waals surface area contributed by atoms with Crippen molar-refractivity contribution in [2.75, 3.05) is 26.3 Å². The standard InChI is InChI=1S/C17H20N4O2/c1-13-16(3-2-5-19-13)17(22)21-7-8-23-11-14(10-21)9-15-4-6-18-12-20-15/h2-6,12,14H,7-11H2,1H3. The van der Waals surface area contributed by atoms with Crippen LogP contribution >= 0.6 is 0 Å². The third-order valence-electron chi connectivity index (χ3n) is 4.00. The summed E-state index contributed by atoms with van der Waals surface area (Å²) in [6.45, 7) is 4.33. The molecule has 6 heteroatoms. The topological polar surface area (TPSA) is 68.2 Å². The Hall–Kier alpha value is -2.34. The maximum Gasteiger partial charge on any atom is 0.255 e. The van der Waals surface area contributed by atoms with Crippen LogP contribution in [0.5, 0.6) is 0 Å².